The third-order valence-electron chi connectivity index (χ3n) is 3.29. The summed E-state index contributed by atoms with van der Waals surface area (Å²) in [5.41, 5.74) is 1.43. The first-order valence-corrected chi connectivity index (χ1v) is 7.12. The molecule has 3 nitrogen and oxygen atoms in total. The maximum atomic E-state index is 11.8. The van der Waals surface area contributed by atoms with Crippen molar-refractivity contribution < 1.29 is 9.53 Å². The molecule has 1 aromatic rings. The number of ether oxygens (including phenoxy) is 1. The molecule has 0 bridgehead atoms. The van der Waals surface area contributed by atoms with Crippen molar-refractivity contribution in [1.29, 1.82) is 0 Å². The standard InChI is InChI=1S/C13H19NO2S/c1-3-10-9-14(13(15)16-4-2)7-5-12-11(10)6-8-17-12/h6,8,10H,3-5,7,9H2,1-2H3/t10-/m1/s1. The minimum absolute atomic E-state index is 0.166. The number of amides is 1. The molecular formula is C13H19NO2S. The van der Waals surface area contributed by atoms with Crippen LogP contribution in [0.3, 0.4) is 0 Å². The highest BCUT2D eigenvalue weighted by molar-refractivity contribution is 7.10. The van der Waals surface area contributed by atoms with Crippen molar-refractivity contribution in [1.82, 2.24) is 4.90 Å². The van der Waals surface area contributed by atoms with Gasteiger partial charge >= 0.3 is 6.09 Å². The Bertz CT molecular complexity index is 389. The number of hydrogen-bond donors (Lipinski definition) is 0. The van der Waals surface area contributed by atoms with Crippen molar-refractivity contribution in [2.75, 3.05) is 19.7 Å². The Kier molecular flexibility index (Phi) is 4.05. The average Bonchev–Trinajstić information content (AvgIpc) is 2.71. The number of rotatable bonds is 2. The number of hydrogen-bond acceptors (Lipinski definition) is 3. The first kappa shape index (κ1) is 12.4. The lowest BCUT2D eigenvalue weighted by Crippen LogP contribution is -2.35. The van der Waals surface area contributed by atoms with Crippen molar-refractivity contribution in [2.45, 2.75) is 32.6 Å². The maximum Gasteiger partial charge on any atom is 0.409 e. The van der Waals surface area contributed by atoms with Crippen molar-refractivity contribution in [3.63, 3.8) is 0 Å². The molecule has 94 valence electrons. The topological polar surface area (TPSA) is 29.5 Å². The van der Waals surface area contributed by atoms with Gasteiger partial charge in [-0.3, -0.25) is 0 Å². The summed E-state index contributed by atoms with van der Waals surface area (Å²) in [4.78, 5) is 15.1. The minimum Gasteiger partial charge on any atom is -0.450 e. The zero-order chi connectivity index (χ0) is 12.3. The van der Waals surface area contributed by atoms with Gasteiger partial charge in [0.2, 0.25) is 0 Å². The van der Waals surface area contributed by atoms with Crippen LogP contribution < -0.4 is 0 Å². The normalized spacial score (nSPS) is 19.6. The summed E-state index contributed by atoms with van der Waals surface area (Å²) in [6.45, 7) is 6.06. The van der Waals surface area contributed by atoms with Crippen LogP contribution in [0.1, 0.15) is 36.6 Å². The van der Waals surface area contributed by atoms with Gasteiger partial charge in [-0.05, 0) is 36.8 Å². The Morgan fingerprint density at radius 2 is 2.41 bits per heavy atom. The van der Waals surface area contributed by atoms with Gasteiger partial charge in [-0.25, -0.2) is 4.79 Å². The molecule has 2 heterocycles. The van der Waals surface area contributed by atoms with Gasteiger partial charge in [0, 0.05) is 23.9 Å². The van der Waals surface area contributed by atoms with Gasteiger partial charge in [-0.15, -0.1) is 11.3 Å². The molecule has 0 spiro atoms. The Hall–Kier alpha value is -1.03. The van der Waals surface area contributed by atoms with Crippen molar-refractivity contribution in [3.05, 3.63) is 21.9 Å². The molecule has 2 rings (SSSR count). The molecule has 17 heavy (non-hydrogen) atoms. The van der Waals surface area contributed by atoms with E-state index in [1.807, 2.05) is 11.8 Å². The maximum absolute atomic E-state index is 11.8. The molecule has 0 unspecified atom stereocenters. The van der Waals surface area contributed by atoms with Crippen LogP contribution in [0.2, 0.25) is 0 Å². The molecule has 1 aliphatic heterocycles. The molecule has 0 aromatic carbocycles. The monoisotopic (exact) mass is 253 g/mol. The van der Waals surface area contributed by atoms with E-state index in [0.717, 1.165) is 25.9 Å². The van der Waals surface area contributed by atoms with Crippen LogP contribution in [0.5, 0.6) is 0 Å². The van der Waals surface area contributed by atoms with E-state index in [9.17, 15) is 4.79 Å². The van der Waals surface area contributed by atoms with E-state index < -0.39 is 0 Å². The van der Waals surface area contributed by atoms with Crippen molar-refractivity contribution >= 4 is 17.4 Å². The summed E-state index contributed by atoms with van der Waals surface area (Å²) < 4.78 is 5.10. The largest absolute Gasteiger partial charge is 0.450 e. The Morgan fingerprint density at radius 3 is 3.12 bits per heavy atom. The highest BCUT2D eigenvalue weighted by atomic mass is 32.1. The second-order valence-corrected chi connectivity index (χ2v) is 5.30. The molecule has 4 heteroatoms. The van der Waals surface area contributed by atoms with Gasteiger partial charge in [0.15, 0.2) is 0 Å². The van der Waals surface area contributed by atoms with E-state index in [1.165, 1.54) is 10.4 Å². The predicted molar refractivity (Wildman–Crippen MR) is 69.7 cm³/mol. The van der Waals surface area contributed by atoms with Gasteiger partial charge in [-0.1, -0.05) is 6.92 Å². The fourth-order valence-electron chi connectivity index (χ4n) is 2.34. The van der Waals surface area contributed by atoms with Gasteiger partial charge in [0.25, 0.3) is 0 Å². The lowest BCUT2D eigenvalue weighted by molar-refractivity contribution is 0.106. The van der Waals surface area contributed by atoms with Crippen molar-refractivity contribution in [3.8, 4) is 0 Å². The fraction of sp³-hybridized carbons (Fsp3) is 0.615. The van der Waals surface area contributed by atoms with E-state index >= 15 is 0 Å². The van der Waals surface area contributed by atoms with Crippen LogP contribution in [0.4, 0.5) is 4.79 Å². The second kappa shape index (κ2) is 5.54. The summed E-state index contributed by atoms with van der Waals surface area (Å²) in [6, 6.07) is 2.21. The second-order valence-electron chi connectivity index (χ2n) is 4.30. The molecule has 1 aliphatic rings. The molecule has 0 aliphatic carbocycles. The SMILES string of the molecule is CCOC(=O)N1CCc2sccc2[C@H](CC)C1. The van der Waals surface area contributed by atoms with E-state index in [1.54, 1.807) is 11.3 Å². The van der Waals surface area contributed by atoms with Crippen LogP contribution >= 0.6 is 11.3 Å². The highest BCUT2D eigenvalue weighted by Crippen LogP contribution is 2.31. The van der Waals surface area contributed by atoms with E-state index in [4.69, 9.17) is 4.74 Å². The number of thiophene rings is 1. The molecular weight excluding hydrogens is 234 g/mol. The number of carbonyl (C=O) groups is 1. The van der Waals surface area contributed by atoms with Crippen LogP contribution in [-0.2, 0) is 11.2 Å². The van der Waals surface area contributed by atoms with Crippen LogP contribution in [-0.4, -0.2) is 30.7 Å². The summed E-state index contributed by atoms with van der Waals surface area (Å²) in [5.74, 6) is 0.461. The molecule has 1 aromatic heterocycles. The van der Waals surface area contributed by atoms with Crippen LogP contribution in [0.25, 0.3) is 0 Å². The number of nitrogens with zero attached hydrogens (tertiary/aromatic N) is 1. The first-order chi connectivity index (χ1) is 8.26. The summed E-state index contributed by atoms with van der Waals surface area (Å²) in [5, 5.41) is 2.16. The van der Waals surface area contributed by atoms with E-state index in [-0.39, 0.29) is 6.09 Å². The molecule has 0 saturated heterocycles. The smallest absolute Gasteiger partial charge is 0.409 e. The lowest BCUT2D eigenvalue weighted by Gasteiger charge is -2.23. The number of fused-ring (bicyclic) bond motifs is 1. The molecule has 0 saturated carbocycles. The fourth-order valence-corrected chi connectivity index (χ4v) is 3.30. The summed E-state index contributed by atoms with van der Waals surface area (Å²) >= 11 is 1.81. The summed E-state index contributed by atoms with van der Waals surface area (Å²) in [6.07, 6.45) is 1.86. The molecule has 0 fully saturated rings. The van der Waals surface area contributed by atoms with Gasteiger partial charge in [0.1, 0.15) is 0 Å². The van der Waals surface area contributed by atoms with E-state index in [0.29, 0.717) is 12.5 Å². The minimum atomic E-state index is -0.166. The van der Waals surface area contributed by atoms with Crippen LogP contribution in [0, 0.1) is 0 Å². The zero-order valence-electron chi connectivity index (χ0n) is 10.4. The quantitative estimate of drug-likeness (QED) is 0.809. The van der Waals surface area contributed by atoms with Gasteiger partial charge < -0.3 is 9.64 Å². The zero-order valence-corrected chi connectivity index (χ0v) is 11.3. The molecule has 0 radical (unpaired) electrons. The van der Waals surface area contributed by atoms with Gasteiger partial charge in [0.05, 0.1) is 6.61 Å². The third-order valence-corrected chi connectivity index (χ3v) is 4.28. The third kappa shape index (κ3) is 2.63. The Morgan fingerprint density at radius 1 is 1.59 bits per heavy atom. The van der Waals surface area contributed by atoms with Crippen molar-refractivity contribution in [2.24, 2.45) is 0 Å². The molecule has 1 atom stereocenters. The molecule has 1 amide bonds. The Labute approximate surface area is 106 Å². The Balaban J connectivity index is 2.13. The highest BCUT2D eigenvalue weighted by Gasteiger charge is 2.26. The lowest BCUT2D eigenvalue weighted by atomic mass is 9.97. The number of carbonyl (C=O) groups excluding carboxylic acids is 1. The van der Waals surface area contributed by atoms with Crippen LogP contribution in [0.15, 0.2) is 11.4 Å². The predicted octanol–water partition coefficient (Wildman–Crippen LogP) is 3.26. The van der Waals surface area contributed by atoms with E-state index in [2.05, 4.69) is 18.4 Å². The average molecular weight is 253 g/mol. The summed E-state index contributed by atoms with van der Waals surface area (Å²) in [7, 11) is 0. The first-order valence-electron chi connectivity index (χ1n) is 6.24. The van der Waals surface area contributed by atoms with Gasteiger partial charge in [-0.2, -0.15) is 0 Å². The molecule has 0 N–H and O–H groups in total.